The Morgan fingerprint density at radius 3 is 2.03 bits per heavy atom. The minimum absolute atomic E-state index is 0.210. The number of piperazine rings is 1. The first-order valence-corrected chi connectivity index (χ1v) is 10.3. The number of carbonyl (C=O) groups excluding carboxylic acids is 1. The number of hydrogen-bond acceptors (Lipinski definition) is 4. The lowest BCUT2D eigenvalue weighted by Gasteiger charge is -2.33. The largest absolute Gasteiger partial charge is 0.336 e. The van der Waals surface area contributed by atoms with Gasteiger partial charge >= 0.3 is 0 Å². The quantitative estimate of drug-likeness (QED) is 0.673. The number of rotatable bonds is 4. The summed E-state index contributed by atoms with van der Waals surface area (Å²) in [5, 5.41) is 4.66. The van der Waals surface area contributed by atoms with Gasteiger partial charge in [-0.05, 0) is 19.5 Å². The molecule has 1 fully saturated rings. The molecule has 0 aliphatic carbocycles. The Kier molecular flexibility index (Phi) is 5.77. The molecular weight excluding hydrogens is 376 g/mol. The van der Waals surface area contributed by atoms with Crippen molar-refractivity contribution in [2.75, 3.05) is 33.2 Å². The van der Waals surface area contributed by atoms with Gasteiger partial charge in [0.2, 0.25) is 0 Å². The summed E-state index contributed by atoms with van der Waals surface area (Å²) in [5.74, 6) is -0.214. The van der Waals surface area contributed by atoms with Crippen molar-refractivity contribution in [2.24, 2.45) is 0 Å². The Labute approximate surface area is 176 Å². The predicted octanol–water partition coefficient (Wildman–Crippen LogP) is 2.98. The number of carbonyl (C=O) groups is 1. The topological polar surface area (TPSA) is 58.4 Å². The summed E-state index contributed by atoms with van der Waals surface area (Å²) in [4.78, 5) is 31.0. The van der Waals surface area contributed by atoms with E-state index in [0.29, 0.717) is 30.9 Å². The fourth-order valence-electron chi connectivity index (χ4n) is 3.83. The lowest BCUT2D eigenvalue weighted by atomic mass is 9.94. The minimum Gasteiger partial charge on any atom is -0.336 e. The maximum absolute atomic E-state index is 13.6. The van der Waals surface area contributed by atoms with Crippen molar-refractivity contribution in [1.29, 1.82) is 0 Å². The molecule has 0 atom stereocenters. The van der Waals surface area contributed by atoms with Crippen LogP contribution in [0.1, 0.15) is 17.3 Å². The summed E-state index contributed by atoms with van der Waals surface area (Å²) in [6, 6.07) is 19.4. The molecule has 4 rings (SSSR count). The third-order valence-corrected chi connectivity index (χ3v) is 5.57. The molecule has 2 heterocycles. The molecule has 0 bridgehead atoms. The smallest absolute Gasteiger partial charge is 0.280 e. The van der Waals surface area contributed by atoms with Gasteiger partial charge in [-0.15, -0.1) is 0 Å². The molecule has 1 aliphatic rings. The van der Waals surface area contributed by atoms with Gasteiger partial charge < -0.3 is 9.80 Å². The van der Waals surface area contributed by atoms with Crippen LogP contribution in [0.25, 0.3) is 22.4 Å². The lowest BCUT2D eigenvalue weighted by molar-refractivity contribution is 0.0662. The Balaban J connectivity index is 1.98. The van der Waals surface area contributed by atoms with Gasteiger partial charge in [0.15, 0.2) is 0 Å². The molecule has 1 saturated heterocycles. The zero-order chi connectivity index (χ0) is 21.1. The highest BCUT2D eigenvalue weighted by Crippen LogP contribution is 2.32. The summed E-state index contributed by atoms with van der Waals surface area (Å²) >= 11 is 0. The maximum Gasteiger partial charge on any atom is 0.280 e. The average molecular weight is 402 g/mol. The van der Waals surface area contributed by atoms with Gasteiger partial charge in [-0.25, -0.2) is 4.68 Å². The van der Waals surface area contributed by atoms with Crippen molar-refractivity contribution in [2.45, 2.75) is 13.5 Å². The molecule has 0 radical (unpaired) electrons. The average Bonchev–Trinajstić information content (AvgIpc) is 2.80. The molecule has 0 saturated carbocycles. The summed E-state index contributed by atoms with van der Waals surface area (Å²) in [6.07, 6.45) is 0. The van der Waals surface area contributed by atoms with E-state index in [2.05, 4.69) is 10.00 Å². The van der Waals surface area contributed by atoms with Gasteiger partial charge in [0.25, 0.3) is 11.5 Å². The van der Waals surface area contributed by atoms with E-state index in [1.165, 1.54) is 4.68 Å². The molecule has 1 amide bonds. The molecule has 1 aliphatic heterocycles. The van der Waals surface area contributed by atoms with E-state index < -0.39 is 0 Å². The number of aromatic nitrogens is 2. The fraction of sp³-hybridized carbons (Fsp3) is 0.292. The number of aryl methyl sites for hydroxylation is 1. The zero-order valence-electron chi connectivity index (χ0n) is 17.4. The second-order valence-corrected chi connectivity index (χ2v) is 7.55. The SMILES string of the molecule is CCn1nc(-c2ccccc2)c(-c2ccccc2)c(C(=O)N2CCN(C)CC2)c1=O. The Hall–Kier alpha value is -3.25. The van der Waals surface area contributed by atoms with E-state index >= 15 is 0 Å². The van der Waals surface area contributed by atoms with Crippen molar-refractivity contribution < 1.29 is 4.79 Å². The molecule has 3 aromatic rings. The van der Waals surface area contributed by atoms with Crippen LogP contribution in [0, 0.1) is 0 Å². The molecule has 30 heavy (non-hydrogen) atoms. The number of nitrogens with zero attached hydrogens (tertiary/aromatic N) is 4. The van der Waals surface area contributed by atoms with E-state index in [-0.39, 0.29) is 17.0 Å². The third kappa shape index (κ3) is 3.78. The summed E-state index contributed by atoms with van der Waals surface area (Å²) in [7, 11) is 2.04. The first kappa shape index (κ1) is 20.0. The van der Waals surface area contributed by atoms with Crippen LogP contribution in [0.2, 0.25) is 0 Å². The Morgan fingerprint density at radius 2 is 1.47 bits per heavy atom. The standard InChI is InChI=1S/C24H26N4O2/c1-3-28-24(30)21(23(29)27-16-14-26(2)15-17-27)20(18-10-6-4-7-11-18)22(25-28)19-12-8-5-9-13-19/h4-13H,3,14-17H2,1-2H3. The molecule has 2 aromatic carbocycles. The van der Waals surface area contributed by atoms with Gasteiger partial charge in [-0.2, -0.15) is 5.10 Å². The van der Waals surface area contributed by atoms with E-state index in [9.17, 15) is 9.59 Å². The van der Waals surface area contributed by atoms with Gasteiger partial charge in [0, 0.05) is 43.9 Å². The zero-order valence-corrected chi connectivity index (χ0v) is 17.4. The van der Waals surface area contributed by atoms with Gasteiger partial charge in [0.05, 0.1) is 5.69 Å². The molecular formula is C24H26N4O2. The van der Waals surface area contributed by atoms with Crippen molar-refractivity contribution >= 4 is 5.91 Å². The molecule has 154 valence electrons. The number of likely N-dealkylation sites (N-methyl/N-ethyl adjacent to an activating group) is 1. The number of benzene rings is 2. The number of amides is 1. The van der Waals surface area contributed by atoms with Crippen LogP contribution in [-0.2, 0) is 6.54 Å². The van der Waals surface area contributed by atoms with E-state index in [4.69, 9.17) is 0 Å². The maximum atomic E-state index is 13.6. The van der Waals surface area contributed by atoms with Crippen LogP contribution in [0.5, 0.6) is 0 Å². The monoisotopic (exact) mass is 402 g/mol. The minimum atomic E-state index is -0.333. The predicted molar refractivity (Wildman–Crippen MR) is 118 cm³/mol. The van der Waals surface area contributed by atoms with Crippen LogP contribution in [0.15, 0.2) is 65.5 Å². The molecule has 6 heteroatoms. The third-order valence-electron chi connectivity index (χ3n) is 5.57. The Bertz CT molecular complexity index is 1090. The van der Waals surface area contributed by atoms with Crippen LogP contribution in [-0.4, -0.2) is 58.7 Å². The van der Waals surface area contributed by atoms with Crippen molar-refractivity contribution in [3.63, 3.8) is 0 Å². The first-order valence-electron chi connectivity index (χ1n) is 10.3. The second kappa shape index (κ2) is 8.63. The van der Waals surface area contributed by atoms with Gasteiger partial charge in [-0.1, -0.05) is 60.7 Å². The van der Waals surface area contributed by atoms with Gasteiger partial charge in [-0.3, -0.25) is 9.59 Å². The highest BCUT2D eigenvalue weighted by Gasteiger charge is 2.29. The van der Waals surface area contributed by atoms with Crippen molar-refractivity contribution in [3.05, 3.63) is 76.6 Å². The fourth-order valence-corrected chi connectivity index (χ4v) is 3.83. The molecule has 0 unspecified atom stereocenters. The molecule has 0 spiro atoms. The van der Waals surface area contributed by atoms with Crippen LogP contribution in [0.4, 0.5) is 0 Å². The van der Waals surface area contributed by atoms with E-state index in [1.54, 1.807) is 4.90 Å². The second-order valence-electron chi connectivity index (χ2n) is 7.55. The van der Waals surface area contributed by atoms with Crippen LogP contribution >= 0.6 is 0 Å². The molecule has 6 nitrogen and oxygen atoms in total. The van der Waals surface area contributed by atoms with E-state index in [0.717, 1.165) is 24.2 Å². The summed E-state index contributed by atoms with van der Waals surface area (Å²) in [5.41, 5.74) is 2.84. The lowest BCUT2D eigenvalue weighted by Crippen LogP contribution is -2.48. The van der Waals surface area contributed by atoms with Crippen molar-refractivity contribution in [3.8, 4) is 22.4 Å². The Morgan fingerprint density at radius 1 is 0.900 bits per heavy atom. The molecule has 1 aromatic heterocycles. The first-order chi connectivity index (χ1) is 14.6. The normalized spacial score (nSPS) is 14.7. The van der Waals surface area contributed by atoms with Crippen LogP contribution in [0.3, 0.4) is 0 Å². The number of hydrogen-bond donors (Lipinski definition) is 0. The van der Waals surface area contributed by atoms with Crippen molar-refractivity contribution in [1.82, 2.24) is 19.6 Å². The summed E-state index contributed by atoms with van der Waals surface area (Å²) in [6.45, 7) is 5.08. The molecule has 0 N–H and O–H groups in total. The van der Waals surface area contributed by atoms with Crippen LogP contribution < -0.4 is 5.56 Å². The van der Waals surface area contributed by atoms with E-state index in [1.807, 2.05) is 74.6 Å². The highest BCUT2D eigenvalue weighted by molar-refractivity contribution is 6.03. The van der Waals surface area contributed by atoms with Gasteiger partial charge in [0.1, 0.15) is 5.56 Å². The summed E-state index contributed by atoms with van der Waals surface area (Å²) < 4.78 is 1.40. The highest BCUT2D eigenvalue weighted by atomic mass is 16.2.